The topological polar surface area (TPSA) is 30.5 Å². The third kappa shape index (κ3) is 1.34. The Morgan fingerprint density at radius 2 is 2.47 bits per heavy atom. The first-order valence-electron chi connectivity index (χ1n) is 5.34. The fourth-order valence-corrected chi connectivity index (χ4v) is 2.55. The lowest BCUT2D eigenvalue weighted by atomic mass is 9.93. The van der Waals surface area contributed by atoms with Crippen LogP contribution in [0, 0.1) is 0 Å². The van der Waals surface area contributed by atoms with Crippen LogP contribution in [0.15, 0.2) is 24.3 Å². The van der Waals surface area contributed by atoms with Gasteiger partial charge in [-0.05, 0) is 24.1 Å². The molecule has 1 N–H and O–H groups in total. The number of rotatable bonds is 2. The average Bonchev–Trinajstić information content (AvgIpc) is 2.90. The summed E-state index contributed by atoms with van der Waals surface area (Å²) in [5.41, 5.74) is 1.13. The fraction of sp³-hybridized carbons (Fsp3) is 0.500. The summed E-state index contributed by atoms with van der Waals surface area (Å²) in [6, 6.07) is 8.73. The Morgan fingerprint density at radius 3 is 3.07 bits per heavy atom. The number of nitrogens with one attached hydrogen (secondary N) is 1. The molecule has 0 aromatic heterocycles. The highest BCUT2D eigenvalue weighted by molar-refractivity contribution is 5.34. The summed E-state index contributed by atoms with van der Waals surface area (Å²) < 4.78 is 11.1. The zero-order valence-corrected chi connectivity index (χ0v) is 8.82. The Balaban J connectivity index is 1.98. The van der Waals surface area contributed by atoms with Crippen LogP contribution in [-0.4, -0.2) is 26.3 Å². The molecule has 80 valence electrons. The van der Waals surface area contributed by atoms with E-state index in [2.05, 4.69) is 17.4 Å². The molecule has 15 heavy (non-hydrogen) atoms. The fourth-order valence-electron chi connectivity index (χ4n) is 2.55. The SMILES string of the molecule is COc1cccc(C23CNC(CO2)C3)c1. The minimum absolute atomic E-state index is 0.0980. The smallest absolute Gasteiger partial charge is 0.119 e. The van der Waals surface area contributed by atoms with E-state index < -0.39 is 0 Å². The summed E-state index contributed by atoms with van der Waals surface area (Å²) in [6.45, 7) is 1.75. The number of hydrogen-bond donors (Lipinski definition) is 1. The molecular weight excluding hydrogens is 190 g/mol. The van der Waals surface area contributed by atoms with Crippen molar-refractivity contribution >= 4 is 0 Å². The molecule has 2 aliphatic rings. The van der Waals surface area contributed by atoms with Gasteiger partial charge in [-0.3, -0.25) is 0 Å². The number of ether oxygens (including phenoxy) is 2. The molecule has 2 atom stereocenters. The van der Waals surface area contributed by atoms with E-state index in [9.17, 15) is 0 Å². The first-order chi connectivity index (χ1) is 7.32. The van der Waals surface area contributed by atoms with Gasteiger partial charge in [0.2, 0.25) is 0 Å². The van der Waals surface area contributed by atoms with Crippen molar-refractivity contribution in [3.05, 3.63) is 29.8 Å². The Bertz CT molecular complexity index is 370. The molecule has 2 saturated heterocycles. The summed E-state index contributed by atoms with van der Waals surface area (Å²) in [7, 11) is 1.70. The highest BCUT2D eigenvalue weighted by atomic mass is 16.5. The molecule has 2 heterocycles. The normalized spacial score (nSPS) is 33.3. The molecule has 0 radical (unpaired) electrons. The minimum atomic E-state index is -0.0980. The number of fused-ring (bicyclic) bond motifs is 2. The lowest BCUT2D eigenvalue weighted by molar-refractivity contribution is -0.00970. The molecule has 0 aliphatic carbocycles. The average molecular weight is 205 g/mol. The molecular formula is C12H15NO2. The number of methoxy groups -OCH3 is 1. The van der Waals surface area contributed by atoms with Crippen molar-refractivity contribution in [2.75, 3.05) is 20.3 Å². The number of morpholine rings is 1. The van der Waals surface area contributed by atoms with Crippen molar-refractivity contribution in [3.63, 3.8) is 0 Å². The van der Waals surface area contributed by atoms with Crippen LogP contribution in [-0.2, 0) is 10.3 Å². The predicted molar refractivity (Wildman–Crippen MR) is 57.0 cm³/mol. The van der Waals surface area contributed by atoms with Crippen molar-refractivity contribution < 1.29 is 9.47 Å². The van der Waals surface area contributed by atoms with Gasteiger partial charge in [0.25, 0.3) is 0 Å². The zero-order valence-electron chi connectivity index (χ0n) is 8.82. The summed E-state index contributed by atoms with van der Waals surface area (Å²) in [5, 5.41) is 3.47. The molecule has 2 fully saturated rings. The van der Waals surface area contributed by atoms with Crippen LogP contribution in [0.5, 0.6) is 5.75 Å². The van der Waals surface area contributed by atoms with E-state index in [1.807, 2.05) is 12.1 Å². The summed E-state index contributed by atoms with van der Waals surface area (Å²) in [5.74, 6) is 0.904. The predicted octanol–water partition coefficient (Wildman–Crippen LogP) is 1.28. The van der Waals surface area contributed by atoms with E-state index in [-0.39, 0.29) is 5.60 Å². The van der Waals surface area contributed by atoms with Crippen LogP contribution in [0.2, 0.25) is 0 Å². The van der Waals surface area contributed by atoms with Crippen molar-refractivity contribution in [2.24, 2.45) is 0 Å². The van der Waals surface area contributed by atoms with Gasteiger partial charge in [-0.15, -0.1) is 0 Å². The first kappa shape index (κ1) is 9.19. The number of benzene rings is 1. The summed E-state index contributed by atoms with van der Waals surface area (Å²) in [4.78, 5) is 0. The summed E-state index contributed by atoms with van der Waals surface area (Å²) >= 11 is 0. The van der Waals surface area contributed by atoms with Gasteiger partial charge < -0.3 is 14.8 Å². The van der Waals surface area contributed by atoms with Crippen LogP contribution in [0.1, 0.15) is 12.0 Å². The molecule has 0 saturated carbocycles. The Labute approximate surface area is 89.4 Å². The Hall–Kier alpha value is -1.06. The van der Waals surface area contributed by atoms with Crippen LogP contribution < -0.4 is 10.1 Å². The molecule has 0 amide bonds. The van der Waals surface area contributed by atoms with Gasteiger partial charge >= 0.3 is 0 Å². The molecule has 3 nitrogen and oxygen atoms in total. The van der Waals surface area contributed by atoms with Gasteiger partial charge in [-0.1, -0.05) is 12.1 Å². The van der Waals surface area contributed by atoms with Crippen LogP contribution in [0.25, 0.3) is 0 Å². The quantitative estimate of drug-likeness (QED) is 0.789. The Kier molecular flexibility index (Phi) is 1.97. The lowest BCUT2D eigenvalue weighted by Crippen LogP contribution is -2.37. The second-order valence-corrected chi connectivity index (χ2v) is 4.32. The van der Waals surface area contributed by atoms with E-state index in [0.29, 0.717) is 6.04 Å². The number of hydrogen-bond acceptors (Lipinski definition) is 3. The van der Waals surface area contributed by atoms with Gasteiger partial charge in [-0.2, -0.15) is 0 Å². The largest absolute Gasteiger partial charge is 0.497 e. The highest BCUT2D eigenvalue weighted by Crippen LogP contribution is 2.40. The van der Waals surface area contributed by atoms with Gasteiger partial charge in [0.05, 0.1) is 13.7 Å². The van der Waals surface area contributed by atoms with Gasteiger partial charge in [0.15, 0.2) is 0 Å². The van der Waals surface area contributed by atoms with Crippen LogP contribution in [0.3, 0.4) is 0 Å². The molecule has 0 spiro atoms. The second kappa shape index (κ2) is 3.22. The van der Waals surface area contributed by atoms with Gasteiger partial charge in [-0.25, -0.2) is 0 Å². The third-order valence-corrected chi connectivity index (χ3v) is 3.41. The van der Waals surface area contributed by atoms with Crippen molar-refractivity contribution in [2.45, 2.75) is 18.1 Å². The summed E-state index contributed by atoms with van der Waals surface area (Å²) in [6.07, 6.45) is 1.08. The maximum atomic E-state index is 5.91. The minimum Gasteiger partial charge on any atom is -0.497 e. The van der Waals surface area contributed by atoms with E-state index >= 15 is 0 Å². The van der Waals surface area contributed by atoms with E-state index in [4.69, 9.17) is 9.47 Å². The van der Waals surface area contributed by atoms with E-state index in [1.54, 1.807) is 7.11 Å². The Morgan fingerprint density at radius 1 is 1.53 bits per heavy atom. The standard InChI is InChI=1S/C12H15NO2/c1-14-11-4-2-3-9(5-11)12-6-10(7-15-12)13-8-12/h2-5,10,13H,6-8H2,1H3. The molecule has 1 aromatic rings. The van der Waals surface area contributed by atoms with Gasteiger partial charge in [0, 0.05) is 12.6 Å². The lowest BCUT2D eigenvalue weighted by Gasteiger charge is -2.27. The molecule has 2 aliphatic heterocycles. The second-order valence-electron chi connectivity index (χ2n) is 4.32. The van der Waals surface area contributed by atoms with E-state index in [0.717, 1.165) is 25.3 Å². The first-order valence-corrected chi connectivity index (χ1v) is 5.34. The van der Waals surface area contributed by atoms with Crippen LogP contribution >= 0.6 is 0 Å². The highest BCUT2D eigenvalue weighted by Gasteiger charge is 2.47. The molecule has 3 heteroatoms. The molecule has 3 rings (SSSR count). The molecule has 2 unspecified atom stereocenters. The van der Waals surface area contributed by atoms with Crippen molar-refractivity contribution in [1.82, 2.24) is 5.32 Å². The zero-order chi connectivity index (χ0) is 10.3. The third-order valence-electron chi connectivity index (χ3n) is 3.41. The van der Waals surface area contributed by atoms with Crippen molar-refractivity contribution in [1.29, 1.82) is 0 Å². The van der Waals surface area contributed by atoms with Crippen molar-refractivity contribution in [3.8, 4) is 5.75 Å². The van der Waals surface area contributed by atoms with Crippen LogP contribution in [0.4, 0.5) is 0 Å². The monoisotopic (exact) mass is 205 g/mol. The van der Waals surface area contributed by atoms with E-state index in [1.165, 1.54) is 5.56 Å². The maximum absolute atomic E-state index is 5.91. The van der Waals surface area contributed by atoms with Gasteiger partial charge in [0.1, 0.15) is 11.4 Å². The molecule has 1 aromatic carbocycles. The maximum Gasteiger partial charge on any atom is 0.119 e. The molecule has 2 bridgehead atoms.